The van der Waals surface area contributed by atoms with Crippen LogP contribution in [0.3, 0.4) is 0 Å². The van der Waals surface area contributed by atoms with Gasteiger partial charge < -0.3 is 10.4 Å². The van der Waals surface area contributed by atoms with E-state index in [2.05, 4.69) is 19.2 Å². The molecule has 4 nitrogen and oxygen atoms in total. The Hall–Kier alpha value is -3.14. The average Bonchev–Trinajstić information content (AvgIpc) is 2.93. The first kappa shape index (κ1) is 17.0. The van der Waals surface area contributed by atoms with Crippen molar-refractivity contribution in [3.8, 4) is 5.75 Å². The molecular formula is C24H21NO3. The third kappa shape index (κ3) is 2.37. The Morgan fingerprint density at radius 3 is 2.32 bits per heavy atom. The molecule has 0 saturated carbocycles. The SMILES string of the molecule is CC1(C)CC(=O)C2=C(C1)NC1=C(C(=O)c3ccccc31)[C@H]2c1ccc(O)cc1. The molecule has 2 aliphatic carbocycles. The van der Waals surface area contributed by atoms with Crippen LogP contribution in [0.2, 0.25) is 0 Å². The van der Waals surface area contributed by atoms with Crippen LogP contribution in [0.25, 0.3) is 5.70 Å². The lowest BCUT2D eigenvalue weighted by molar-refractivity contribution is -0.118. The second kappa shape index (κ2) is 5.68. The molecule has 0 saturated heterocycles. The number of hydrogen-bond acceptors (Lipinski definition) is 4. The molecular weight excluding hydrogens is 350 g/mol. The van der Waals surface area contributed by atoms with Gasteiger partial charge in [0.2, 0.25) is 0 Å². The highest BCUT2D eigenvalue weighted by atomic mass is 16.3. The number of rotatable bonds is 1. The van der Waals surface area contributed by atoms with Crippen molar-refractivity contribution in [3.05, 3.63) is 82.1 Å². The summed E-state index contributed by atoms with van der Waals surface area (Å²) in [7, 11) is 0. The number of carbonyl (C=O) groups excluding carboxylic acids is 2. The Kier molecular flexibility index (Phi) is 3.45. The Labute approximate surface area is 163 Å². The van der Waals surface area contributed by atoms with Crippen molar-refractivity contribution in [1.82, 2.24) is 5.32 Å². The maximum absolute atomic E-state index is 13.3. The summed E-state index contributed by atoms with van der Waals surface area (Å²) in [6, 6.07) is 14.4. The molecule has 0 aromatic heterocycles. The number of nitrogens with one attached hydrogen (secondary N) is 1. The van der Waals surface area contributed by atoms with Crippen LogP contribution in [-0.2, 0) is 4.79 Å². The van der Waals surface area contributed by atoms with Crippen LogP contribution in [0.5, 0.6) is 5.75 Å². The molecule has 1 atom stereocenters. The lowest BCUT2D eigenvalue weighted by Gasteiger charge is -2.39. The van der Waals surface area contributed by atoms with Crippen LogP contribution in [0.1, 0.15) is 54.1 Å². The molecule has 2 aromatic rings. The summed E-state index contributed by atoms with van der Waals surface area (Å²) in [6.07, 6.45) is 1.22. The summed E-state index contributed by atoms with van der Waals surface area (Å²) in [5.74, 6) is -0.180. The first-order chi connectivity index (χ1) is 13.4. The van der Waals surface area contributed by atoms with Crippen molar-refractivity contribution in [2.75, 3.05) is 0 Å². The van der Waals surface area contributed by atoms with E-state index in [1.165, 1.54) is 0 Å². The van der Waals surface area contributed by atoms with Gasteiger partial charge in [0.15, 0.2) is 11.6 Å². The standard InChI is InChI=1S/C24H21NO3/c1-24(2)11-17-20(18(27)12-24)19(13-7-9-14(26)10-8-13)21-22(25-17)15-5-3-4-6-16(15)23(21)28/h3-10,19,25-26H,11-12H2,1-2H3/t19-/m0/s1. The normalized spacial score (nSPS) is 22.6. The lowest BCUT2D eigenvalue weighted by Crippen LogP contribution is -2.37. The number of phenols is 1. The number of aromatic hydroxyl groups is 1. The fourth-order valence-electron chi connectivity index (χ4n) is 4.79. The van der Waals surface area contributed by atoms with Gasteiger partial charge in [-0.05, 0) is 29.5 Å². The monoisotopic (exact) mass is 371 g/mol. The Morgan fingerprint density at radius 1 is 0.929 bits per heavy atom. The van der Waals surface area contributed by atoms with Crippen molar-refractivity contribution >= 4 is 17.3 Å². The molecule has 4 heteroatoms. The highest BCUT2D eigenvalue weighted by Gasteiger charge is 2.46. The van der Waals surface area contributed by atoms with Gasteiger partial charge in [0.1, 0.15) is 5.75 Å². The van der Waals surface area contributed by atoms with E-state index in [0.717, 1.165) is 28.9 Å². The maximum atomic E-state index is 13.3. The van der Waals surface area contributed by atoms with Crippen LogP contribution >= 0.6 is 0 Å². The van der Waals surface area contributed by atoms with Crippen LogP contribution in [0.15, 0.2) is 65.4 Å². The number of allylic oxidation sites excluding steroid dienone is 3. The molecule has 0 unspecified atom stereocenters. The third-order valence-electron chi connectivity index (χ3n) is 5.95. The molecule has 3 aliphatic rings. The van der Waals surface area contributed by atoms with Crippen molar-refractivity contribution in [1.29, 1.82) is 0 Å². The zero-order valence-electron chi connectivity index (χ0n) is 15.9. The quantitative estimate of drug-likeness (QED) is 0.783. The third-order valence-corrected chi connectivity index (χ3v) is 5.95. The number of ketones is 2. The van der Waals surface area contributed by atoms with Gasteiger partial charge >= 0.3 is 0 Å². The number of dihydropyridines is 1. The largest absolute Gasteiger partial charge is 0.508 e. The molecule has 0 fully saturated rings. The number of carbonyl (C=O) groups is 2. The van der Waals surface area contributed by atoms with Crippen molar-refractivity contribution in [3.63, 3.8) is 0 Å². The van der Waals surface area contributed by atoms with Crippen LogP contribution in [0.4, 0.5) is 0 Å². The summed E-state index contributed by atoms with van der Waals surface area (Å²) < 4.78 is 0. The van der Waals surface area contributed by atoms with Gasteiger partial charge in [-0.1, -0.05) is 50.2 Å². The smallest absolute Gasteiger partial charge is 0.192 e. The van der Waals surface area contributed by atoms with Gasteiger partial charge in [-0.3, -0.25) is 9.59 Å². The van der Waals surface area contributed by atoms with Gasteiger partial charge in [-0.15, -0.1) is 0 Å². The molecule has 1 heterocycles. The van der Waals surface area contributed by atoms with E-state index in [0.29, 0.717) is 23.1 Å². The first-order valence-electron chi connectivity index (χ1n) is 9.56. The van der Waals surface area contributed by atoms with Crippen molar-refractivity contribution in [2.24, 2.45) is 5.41 Å². The summed E-state index contributed by atoms with van der Waals surface area (Å²) in [4.78, 5) is 26.5. The number of fused-ring (bicyclic) bond motifs is 2. The van der Waals surface area contributed by atoms with E-state index in [9.17, 15) is 14.7 Å². The minimum Gasteiger partial charge on any atom is -0.508 e. The van der Waals surface area contributed by atoms with Gasteiger partial charge in [0.25, 0.3) is 0 Å². The van der Waals surface area contributed by atoms with Gasteiger partial charge in [0.05, 0.1) is 5.70 Å². The highest BCUT2D eigenvalue weighted by molar-refractivity contribution is 6.23. The molecule has 28 heavy (non-hydrogen) atoms. The zero-order valence-corrected chi connectivity index (χ0v) is 15.9. The van der Waals surface area contributed by atoms with Crippen molar-refractivity contribution in [2.45, 2.75) is 32.6 Å². The van der Waals surface area contributed by atoms with Gasteiger partial charge in [0, 0.05) is 40.3 Å². The van der Waals surface area contributed by atoms with E-state index in [4.69, 9.17) is 0 Å². The van der Waals surface area contributed by atoms with Gasteiger partial charge in [-0.2, -0.15) is 0 Å². The highest BCUT2D eigenvalue weighted by Crippen LogP contribution is 2.51. The molecule has 0 amide bonds. The van der Waals surface area contributed by atoms with E-state index >= 15 is 0 Å². The maximum Gasteiger partial charge on any atom is 0.192 e. The first-order valence-corrected chi connectivity index (χ1v) is 9.56. The van der Waals surface area contributed by atoms with E-state index in [1.54, 1.807) is 12.1 Å². The minimum absolute atomic E-state index is 0.0274. The summed E-state index contributed by atoms with van der Waals surface area (Å²) in [5.41, 5.74) is 5.38. The second-order valence-corrected chi connectivity index (χ2v) is 8.65. The Morgan fingerprint density at radius 2 is 1.61 bits per heavy atom. The van der Waals surface area contributed by atoms with Crippen LogP contribution < -0.4 is 5.32 Å². The molecule has 1 aliphatic heterocycles. The fourth-order valence-corrected chi connectivity index (χ4v) is 4.79. The van der Waals surface area contributed by atoms with Gasteiger partial charge in [-0.25, -0.2) is 0 Å². The number of phenolic OH excluding ortho intramolecular Hbond substituents is 1. The molecule has 2 aromatic carbocycles. The Balaban J connectivity index is 1.75. The van der Waals surface area contributed by atoms with Crippen molar-refractivity contribution < 1.29 is 14.7 Å². The topological polar surface area (TPSA) is 66.4 Å². The van der Waals surface area contributed by atoms with Crippen LogP contribution in [0, 0.1) is 5.41 Å². The molecule has 5 rings (SSSR count). The van der Waals surface area contributed by atoms with Crippen LogP contribution in [-0.4, -0.2) is 16.7 Å². The summed E-state index contributed by atoms with van der Waals surface area (Å²) >= 11 is 0. The number of benzene rings is 2. The predicted molar refractivity (Wildman–Crippen MR) is 107 cm³/mol. The molecule has 2 N–H and O–H groups in total. The fraction of sp³-hybridized carbons (Fsp3) is 0.250. The lowest BCUT2D eigenvalue weighted by atomic mass is 9.68. The van der Waals surface area contributed by atoms with E-state index in [1.807, 2.05) is 36.4 Å². The zero-order chi connectivity index (χ0) is 19.6. The predicted octanol–water partition coefficient (Wildman–Crippen LogP) is 4.33. The summed E-state index contributed by atoms with van der Waals surface area (Å²) in [6.45, 7) is 4.20. The Bertz CT molecular complexity index is 1100. The van der Waals surface area contributed by atoms with E-state index < -0.39 is 5.92 Å². The molecule has 0 spiro atoms. The molecule has 0 radical (unpaired) electrons. The minimum atomic E-state index is -0.407. The number of Topliss-reactive ketones (excluding diaryl/α,β-unsaturated/α-hetero) is 2. The van der Waals surface area contributed by atoms with E-state index in [-0.39, 0.29) is 22.7 Å². The number of hydrogen-bond donors (Lipinski definition) is 2. The summed E-state index contributed by atoms with van der Waals surface area (Å²) in [5, 5.41) is 13.2. The molecule has 140 valence electrons. The second-order valence-electron chi connectivity index (χ2n) is 8.65. The average molecular weight is 371 g/mol. The molecule has 0 bridgehead atoms.